The van der Waals surface area contributed by atoms with Crippen LogP contribution in [0.25, 0.3) is 0 Å². The first kappa shape index (κ1) is 58.5. The number of phosphoric acid groups is 1. The van der Waals surface area contributed by atoms with E-state index in [0.29, 0.717) is 19.3 Å². The zero-order valence-electron chi connectivity index (χ0n) is 36.9. The third-order valence-electron chi connectivity index (χ3n) is 8.25. The number of hydrogen-bond acceptors (Lipinski definition) is 12. The molecule has 0 amide bonds. The highest BCUT2D eigenvalue weighted by atomic mass is 31.2. The third kappa shape index (κ3) is 38.9. The van der Waals surface area contributed by atoms with Gasteiger partial charge in [0, 0.05) is 12.8 Å². The largest absolute Gasteiger partial charge is 0.480 e. The molecule has 6 atom stereocenters. The van der Waals surface area contributed by atoms with E-state index in [1.807, 2.05) is 43.4 Å². The van der Waals surface area contributed by atoms with Gasteiger partial charge in [-0.05, 0) is 70.6 Å². The number of phosphoric ester groups is 1. The number of ether oxygens (including phenoxy) is 2. The summed E-state index contributed by atoms with van der Waals surface area (Å²) in [7, 11) is -4.83. The Labute approximate surface area is 374 Å². The maximum atomic E-state index is 12.6. The van der Waals surface area contributed by atoms with E-state index < -0.39 is 76.0 Å². The van der Waals surface area contributed by atoms with Crippen molar-refractivity contribution in [2.24, 2.45) is 5.73 Å². The van der Waals surface area contributed by atoms with E-state index in [4.69, 9.17) is 24.8 Å². The van der Waals surface area contributed by atoms with E-state index >= 15 is 0 Å². The summed E-state index contributed by atoms with van der Waals surface area (Å²) in [4.78, 5) is 46.0. The quantitative estimate of drug-likeness (QED) is 0.0149. The standard InChI is InChI=1S/C48H72NO13P/c1-3-5-7-8-9-10-11-12-13-14-15-16-17-18-19-20-21-26-30-36-47(54)62-42(39-60-63(57,58)61-40-43(49)48(55)56)38-59-46(53)37-31-35-45(52)44(51)34-29-25-23-22-24-28-33-41(50)32-27-6-4-2/h5-7,9-10,12-13,15-16,18-19,21-29,33-34,41-45,50-52H,3-4,8,11,14,17,20,30-32,35-40,49H2,1-2H3,(H,55,56)(H,57,58)/b7-5-,10-9-,13-12-,16-15-,19-18-,24-22+,25-23-,26-21-,27-6-,33-28+,34-29-/t41-,42-,43+,44+,45+/m1/s1. The van der Waals surface area contributed by atoms with Crippen LogP contribution in [0.4, 0.5) is 0 Å². The van der Waals surface area contributed by atoms with E-state index in [1.165, 1.54) is 6.08 Å². The number of carbonyl (C=O) groups excluding carboxylic acids is 2. The molecule has 0 aliphatic rings. The lowest BCUT2D eigenvalue weighted by Gasteiger charge is -2.20. The summed E-state index contributed by atoms with van der Waals surface area (Å²) in [6.07, 6.45) is 44.8. The molecule has 0 spiro atoms. The Balaban J connectivity index is 4.84. The van der Waals surface area contributed by atoms with Crippen molar-refractivity contribution in [1.29, 1.82) is 0 Å². The molecule has 352 valence electrons. The highest BCUT2D eigenvalue weighted by Crippen LogP contribution is 2.43. The lowest BCUT2D eigenvalue weighted by Crippen LogP contribution is -2.34. The summed E-state index contributed by atoms with van der Waals surface area (Å²) in [5.41, 5.74) is 5.31. The molecular weight excluding hydrogens is 829 g/mol. The Kier molecular flexibility index (Phi) is 37.4. The van der Waals surface area contributed by atoms with Crippen molar-refractivity contribution in [2.45, 2.75) is 128 Å². The number of aliphatic carboxylic acids is 1. The first-order valence-electron chi connectivity index (χ1n) is 21.5. The van der Waals surface area contributed by atoms with Gasteiger partial charge in [-0.2, -0.15) is 0 Å². The van der Waals surface area contributed by atoms with Crippen LogP contribution in [-0.4, -0.2) is 93.5 Å². The van der Waals surface area contributed by atoms with Gasteiger partial charge in [0.25, 0.3) is 0 Å². The lowest BCUT2D eigenvalue weighted by atomic mass is 10.1. The number of allylic oxidation sites excluding steroid dienone is 19. The SMILES string of the molecule is CC/C=C\C/C=C\C/C=C\C/C=C\C/C=C\C/C=C\CCC(=O)O[C@H](COC(=O)CCC[C@H](O)[C@@H](O)\C=C/C=C\C=C\C=C\[C@H](O)C/C=C\CC)COP(=O)(O)OC[C@H](N)C(=O)O. The molecule has 7 N–H and O–H groups in total. The molecule has 0 aromatic carbocycles. The molecule has 0 heterocycles. The van der Waals surface area contributed by atoms with Crippen molar-refractivity contribution in [3.05, 3.63) is 134 Å². The van der Waals surface area contributed by atoms with Crippen LogP contribution in [0.3, 0.4) is 0 Å². The summed E-state index contributed by atoms with van der Waals surface area (Å²) in [5.74, 6) is -2.89. The minimum absolute atomic E-state index is 0.0473. The van der Waals surface area contributed by atoms with Crippen molar-refractivity contribution >= 4 is 25.7 Å². The summed E-state index contributed by atoms with van der Waals surface area (Å²) in [5, 5.41) is 39.3. The molecule has 0 bridgehead atoms. The molecule has 0 aliphatic carbocycles. The molecule has 0 rings (SSSR count). The Morgan fingerprint density at radius 2 is 1.11 bits per heavy atom. The first-order chi connectivity index (χ1) is 30.3. The van der Waals surface area contributed by atoms with Gasteiger partial charge in [-0.25, -0.2) is 4.57 Å². The molecule has 14 nitrogen and oxygen atoms in total. The number of esters is 2. The Bertz CT molecular complexity index is 1620. The number of carboxylic acid groups (broad SMARTS) is 1. The van der Waals surface area contributed by atoms with Gasteiger partial charge in [-0.15, -0.1) is 0 Å². The van der Waals surface area contributed by atoms with Gasteiger partial charge in [-0.1, -0.05) is 148 Å². The van der Waals surface area contributed by atoms with E-state index in [9.17, 15) is 39.2 Å². The zero-order chi connectivity index (χ0) is 46.8. The van der Waals surface area contributed by atoms with Crippen molar-refractivity contribution in [3.63, 3.8) is 0 Å². The fourth-order valence-corrected chi connectivity index (χ4v) is 5.56. The van der Waals surface area contributed by atoms with Crippen LogP contribution in [0.15, 0.2) is 134 Å². The van der Waals surface area contributed by atoms with Gasteiger partial charge in [0.1, 0.15) is 12.6 Å². The molecule has 0 fully saturated rings. The first-order valence-corrected chi connectivity index (χ1v) is 23.0. The minimum atomic E-state index is -4.83. The molecule has 0 saturated heterocycles. The number of carbonyl (C=O) groups is 3. The lowest BCUT2D eigenvalue weighted by molar-refractivity contribution is -0.161. The Hall–Kier alpha value is -4.50. The minimum Gasteiger partial charge on any atom is -0.480 e. The zero-order valence-corrected chi connectivity index (χ0v) is 37.8. The Morgan fingerprint density at radius 1 is 0.619 bits per heavy atom. The van der Waals surface area contributed by atoms with Crippen LogP contribution in [0.5, 0.6) is 0 Å². The second-order valence-electron chi connectivity index (χ2n) is 13.9. The number of nitrogens with two attached hydrogens (primary N) is 1. The maximum absolute atomic E-state index is 12.6. The van der Waals surface area contributed by atoms with Crippen molar-refractivity contribution in [3.8, 4) is 0 Å². The van der Waals surface area contributed by atoms with Crippen molar-refractivity contribution in [2.75, 3.05) is 19.8 Å². The van der Waals surface area contributed by atoms with E-state index in [2.05, 4.69) is 60.1 Å². The highest BCUT2D eigenvalue weighted by molar-refractivity contribution is 7.47. The molecule has 0 saturated carbocycles. The summed E-state index contributed by atoms with van der Waals surface area (Å²) in [6.45, 7) is 2.04. The third-order valence-corrected chi connectivity index (χ3v) is 9.20. The maximum Gasteiger partial charge on any atom is 0.472 e. The van der Waals surface area contributed by atoms with Crippen LogP contribution in [-0.2, 0) is 37.5 Å². The van der Waals surface area contributed by atoms with Crippen LogP contribution >= 0.6 is 7.82 Å². The predicted molar refractivity (Wildman–Crippen MR) is 248 cm³/mol. The predicted octanol–water partition coefficient (Wildman–Crippen LogP) is 8.30. The highest BCUT2D eigenvalue weighted by Gasteiger charge is 2.28. The molecule has 15 heteroatoms. The number of rotatable bonds is 37. The van der Waals surface area contributed by atoms with Gasteiger partial charge in [-0.3, -0.25) is 23.4 Å². The van der Waals surface area contributed by atoms with E-state index in [-0.39, 0.29) is 25.7 Å². The number of carboxylic acids is 1. The van der Waals surface area contributed by atoms with Gasteiger partial charge in [0.15, 0.2) is 6.10 Å². The topological polar surface area (TPSA) is 232 Å². The molecule has 1 unspecified atom stereocenters. The summed E-state index contributed by atoms with van der Waals surface area (Å²) >= 11 is 0. The molecule has 0 aromatic heterocycles. The van der Waals surface area contributed by atoms with Crippen LogP contribution in [0.2, 0.25) is 0 Å². The Morgan fingerprint density at radius 3 is 1.67 bits per heavy atom. The molecular formula is C48H72NO13P. The van der Waals surface area contributed by atoms with E-state index in [0.717, 1.165) is 38.5 Å². The van der Waals surface area contributed by atoms with Crippen LogP contribution in [0.1, 0.15) is 97.3 Å². The number of hydrogen-bond donors (Lipinski definition) is 6. The average Bonchev–Trinajstić information content (AvgIpc) is 3.25. The average molecular weight is 902 g/mol. The van der Waals surface area contributed by atoms with Crippen molar-refractivity contribution < 1.29 is 62.8 Å². The number of aliphatic hydroxyl groups is 3. The van der Waals surface area contributed by atoms with Gasteiger partial charge in [0.2, 0.25) is 0 Å². The smallest absolute Gasteiger partial charge is 0.472 e. The van der Waals surface area contributed by atoms with Gasteiger partial charge >= 0.3 is 25.7 Å². The molecule has 63 heavy (non-hydrogen) atoms. The van der Waals surface area contributed by atoms with Crippen LogP contribution in [0, 0.1) is 0 Å². The normalized spacial score (nSPS) is 16.4. The van der Waals surface area contributed by atoms with Gasteiger partial charge in [0.05, 0.1) is 31.5 Å². The molecule has 0 aliphatic heterocycles. The number of aliphatic hydroxyl groups excluding tert-OH is 3. The molecule has 0 radical (unpaired) electrons. The van der Waals surface area contributed by atoms with E-state index in [1.54, 1.807) is 42.5 Å². The molecule has 0 aromatic rings. The second kappa shape index (κ2) is 40.3. The summed E-state index contributed by atoms with van der Waals surface area (Å²) < 4.78 is 32.4. The van der Waals surface area contributed by atoms with Crippen LogP contribution < -0.4 is 5.73 Å². The summed E-state index contributed by atoms with van der Waals surface area (Å²) in [6, 6.07) is -1.59. The fourth-order valence-electron chi connectivity index (χ4n) is 4.78. The monoisotopic (exact) mass is 901 g/mol. The van der Waals surface area contributed by atoms with Gasteiger partial charge < -0.3 is 40.5 Å². The second-order valence-corrected chi connectivity index (χ2v) is 15.4. The fraction of sp³-hybridized carbons (Fsp3) is 0.479. The van der Waals surface area contributed by atoms with Crippen molar-refractivity contribution in [1.82, 2.24) is 0 Å².